The topological polar surface area (TPSA) is 55.4 Å². The maximum atomic E-state index is 5.38. The summed E-state index contributed by atoms with van der Waals surface area (Å²) in [4.78, 5) is 11.7. The van der Waals surface area contributed by atoms with E-state index in [-0.39, 0.29) is 0 Å². The van der Waals surface area contributed by atoms with Crippen LogP contribution in [0.4, 0.5) is 5.69 Å². The normalized spacial score (nSPS) is 24.9. The Kier molecular flexibility index (Phi) is 7.39. The molecule has 2 fully saturated rings. The van der Waals surface area contributed by atoms with E-state index in [0.717, 1.165) is 57.4 Å². The van der Waals surface area contributed by atoms with E-state index in [0.29, 0.717) is 12.1 Å². The molecule has 2 aliphatic rings. The summed E-state index contributed by atoms with van der Waals surface area (Å²) in [5, 5.41) is 7.18. The van der Waals surface area contributed by atoms with Crippen molar-refractivity contribution < 1.29 is 4.74 Å². The van der Waals surface area contributed by atoms with Crippen LogP contribution in [0.1, 0.15) is 12.8 Å². The van der Waals surface area contributed by atoms with Gasteiger partial charge in [-0.1, -0.05) is 6.07 Å². The van der Waals surface area contributed by atoms with Gasteiger partial charge in [-0.2, -0.15) is 0 Å². The molecule has 2 unspecified atom stereocenters. The van der Waals surface area contributed by atoms with Gasteiger partial charge < -0.3 is 25.2 Å². The standard InChI is InChI=1S/C21H36N6O/c1-22-21(23-14-19-16-25(2)11-12-26(19)3)24-17-7-6-10-27(15-17)18-8-5-9-20(13-18)28-4/h5,8-9,13,17,19H,6-7,10-12,14-16H2,1-4H3,(H2,22,23,24). The second-order valence-corrected chi connectivity index (χ2v) is 7.98. The average Bonchev–Trinajstić information content (AvgIpc) is 2.73. The first-order valence-electron chi connectivity index (χ1n) is 10.3. The van der Waals surface area contributed by atoms with Crippen LogP contribution in [0.5, 0.6) is 5.75 Å². The quantitative estimate of drug-likeness (QED) is 0.582. The number of hydrogen-bond acceptors (Lipinski definition) is 5. The molecule has 156 valence electrons. The Hall–Kier alpha value is -1.99. The zero-order valence-electron chi connectivity index (χ0n) is 17.8. The molecule has 3 rings (SSSR count). The Labute approximate surface area is 169 Å². The number of piperazine rings is 1. The molecule has 0 bridgehead atoms. The number of methoxy groups -OCH3 is 1. The Morgan fingerprint density at radius 1 is 1.21 bits per heavy atom. The molecule has 0 spiro atoms. The third kappa shape index (κ3) is 5.52. The van der Waals surface area contributed by atoms with Gasteiger partial charge in [0.2, 0.25) is 0 Å². The molecule has 2 saturated heterocycles. The first kappa shape index (κ1) is 20.7. The minimum atomic E-state index is 0.387. The van der Waals surface area contributed by atoms with Crippen molar-refractivity contribution in [2.75, 3.05) is 72.4 Å². The summed E-state index contributed by atoms with van der Waals surface area (Å²) < 4.78 is 5.38. The molecule has 7 nitrogen and oxygen atoms in total. The highest BCUT2D eigenvalue weighted by molar-refractivity contribution is 5.80. The van der Waals surface area contributed by atoms with Crippen molar-refractivity contribution in [1.29, 1.82) is 0 Å². The number of hydrogen-bond donors (Lipinski definition) is 2. The summed E-state index contributed by atoms with van der Waals surface area (Å²) in [5.41, 5.74) is 1.22. The summed E-state index contributed by atoms with van der Waals surface area (Å²) >= 11 is 0. The van der Waals surface area contributed by atoms with E-state index >= 15 is 0 Å². The SMILES string of the molecule is CN=C(NCC1CN(C)CCN1C)NC1CCCN(c2cccc(OC)c2)C1. The van der Waals surface area contributed by atoms with Crippen LogP contribution in [0.15, 0.2) is 29.3 Å². The van der Waals surface area contributed by atoms with Gasteiger partial charge in [0.05, 0.1) is 7.11 Å². The zero-order valence-corrected chi connectivity index (χ0v) is 17.8. The summed E-state index contributed by atoms with van der Waals surface area (Å²) in [6.45, 7) is 6.31. The Morgan fingerprint density at radius 3 is 2.86 bits per heavy atom. The summed E-state index contributed by atoms with van der Waals surface area (Å²) in [5.74, 6) is 1.81. The van der Waals surface area contributed by atoms with E-state index in [9.17, 15) is 0 Å². The van der Waals surface area contributed by atoms with Gasteiger partial charge in [-0.05, 0) is 39.1 Å². The molecule has 1 aromatic rings. The fraction of sp³-hybridized carbons (Fsp3) is 0.667. The lowest BCUT2D eigenvalue weighted by Crippen LogP contribution is -2.57. The molecule has 2 heterocycles. The molecule has 0 aromatic heterocycles. The number of anilines is 1. The first-order chi connectivity index (χ1) is 13.6. The molecule has 0 aliphatic carbocycles. The number of nitrogens with one attached hydrogen (secondary N) is 2. The smallest absolute Gasteiger partial charge is 0.191 e. The largest absolute Gasteiger partial charge is 0.497 e. The number of benzene rings is 1. The number of aliphatic imine (C=N–C) groups is 1. The summed E-state index contributed by atoms with van der Waals surface area (Å²) in [6.07, 6.45) is 2.33. The lowest BCUT2D eigenvalue weighted by molar-refractivity contribution is 0.116. The number of ether oxygens (including phenoxy) is 1. The van der Waals surface area contributed by atoms with Gasteiger partial charge in [0.25, 0.3) is 0 Å². The highest BCUT2D eigenvalue weighted by atomic mass is 16.5. The second-order valence-electron chi connectivity index (χ2n) is 7.98. The van der Waals surface area contributed by atoms with Crippen molar-refractivity contribution in [3.8, 4) is 5.75 Å². The maximum absolute atomic E-state index is 5.38. The third-order valence-corrected chi connectivity index (χ3v) is 5.89. The monoisotopic (exact) mass is 388 g/mol. The molecule has 0 amide bonds. The molecule has 1 aromatic carbocycles. The van der Waals surface area contributed by atoms with E-state index in [1.807, 2.05) is 13.1 Å². The fourth-order valence-electron chi connectivity index (χ4n) is 4.06. The predicted molar refractivity (Wildman–Crippen MR) is 117 cm³/mol. The molecule has 2 aliphatic heterocycles. The van der Waals surface area contributed by atoms with Crippen LogP contribution in [0, 0.1) is 0 Å². The molecular weight excluding hydrogens is 352 g/mol. The number of piperidine rings is 1. The first-order valence-corrected chi connectivity index (χ1v) is 10.3. The van der Waals surface area contributed by atoms with Crippen LogP contribution in [0.3, 0.4) is 0 Å². The molecule has 0 saturated carbocycles. The minimum absolute atomic E-state index is 0.387. The van der Waals surface area contributed by atoms with E-state index in [2.05, 4.69) is 62.6 Å². The minimum Gasteiger partial charge on any atom is -0.497 e. The highest BCUT2D eigenvalue weighted by Gasteiger charge is 2.24. The van der Waals surface area contributed by atoms with Gasteiger partial charge >= 0.3 is 0 Å². The van der Waals surface area contributed by atoms with Crippen molar-refractivity contribution >= 4 is 11.6 Å². The van der Waals surface area contributed by atoms with Gasteiger partial charge in [0, 0.05) is 70.2 Å². The molecule has 7 heteroatoms. The number of guanidine groups is 1. The molecule has 2 atom stereocenters. The van der Waals surface area contributed by atoms with Crippen molar-refractivity contribution in [3.63, 3.8) is 0 Å². The summed E-state index contributed by atoms with van der Waals surface area (Å²) in [7, 11) is 7.98. The van der Waals surface area contributed by atoms with Gasteiger partial charge in [0.15, 0.2) is 5.96 Å². The van der Waals surface area contributed by atoms with Gasteiger partial charge in [0.1, 0.15) is 5.75 Å². The van der Waals surface area contributed by atoms with E-state index in [1.54, 1.807) is 7.11 Å². The lowest BCUT2D eigenvalue weighted by atomic mass is 10.0. The van der Waals surface area contributed by atoms with E-state index in [4.69, 9.17) is 4.74 Å². The number of nitrogens with zero attached hydrogens (tertiary/aromatic N) is 4. The Balaban J connectivity index is 1.52. The van der Waals surface area contributed by atoms with Crippen LogP contribution in [-0.4, -0.2) is 95.4 Å². The molecule has 28 heavy (non-hydrogen) atoms. The van der Waals surface area contributed by atoms with Crippen LogP contribution >= 0.6 is 0 Å². The van der Waals surface area contributed by atoms with E-state index < -0.39 is 0 Å². The third-order valence-electron chi connectivity index (χ3n) is 5.89. The Bertz CT molecular complexity index is 652. The van der Waals surface area contributed by atoms with E-state index in [1.165, 1.54) is 12.1 Å². The lowest BCUT2D eigenvalue weighted by Gasteiger charge is -2.38. The highest BCUT2D eigenvalue weighted by Crippen LogP contribution is 2.24. The zero-order chi connectivity index (χ0) is 19.9. The van der Waals surface area contributed by atoms with Gasteiger partial charge in [-0.25, -0.2) is 0 Å². The van der Waals surface area contributed by atoms with Crippen molar-refractivity contribution in [3.05, 3.63) is 24.3 Å². The maximum Gasteiger partial charge on any atom is 0.191 e. The van der Waals surface area contributed by atoms with Crippen molar-refractivity contribution in [1.82, 2.24) is 20.4 Å². The molecule has 2 N–H and O–H groups in total. The van der Waals surface area contributed by atoms with Gasteiger partial charge in [-0.15, -0.1) is 0 Å². The van der Waals surface area contributed by atoms with Crippen molar-refractivity contribution in [2.24, 2.45) is 4.99 Å². The Morgan fingerprint density at radius 2 is 2.07 bits per heavy atom. The molecule has 0 radical (unpaired) electrons. The summed E-state index contributed by atoms with van der Waals surface area (Å²) in [6, 6.07) is 9.23. The van der Waals surface area contributed by atoms with Gasteiger partial charge in [-0.3, -0.25) is 9.89 Å². The second kappa shape index (κ2) is 9.98. The van der Waals surface area contributed by atoms with Crippen LogP contribution < -0.4 is 20.3 Å². The van der Waals surface area contributed by atoms with Crippen LogP contribution in [0.2, 0.25) is 0 Å². The van der Waals surface area contributed by atoms with Crippen molar-refractivity contribution in [2.45, 2.75) is 24.9 Å². The fourth-order valence-corrected chi connectivity index (χ4v) is 4.06. The molecular formula is C21H36N6O. The predicted octanol–water partition coefficient (Wildman–Crippen LogP) is 1.07. The van der Waals surface area contributed by atoms with Crippen LogP contribution in [0.25, 0.3) is 0 Å². The average molecular weight is 389 g/mol. The number of rotatable bonds is 5. The number of likely N-dealkylation sites (N-methyl/N-ethyl adjacent to an activating group) is 2. The van der Waals surface area contributed by atoms with Crippen LogP contribution in [-0.2, 0) is 0 Å².